The summed E-state index contributed by atoms with van der Waals surface area (Å²) >= 11 is 0. The van der Waals surface area contributed by atoms with Crippen molar-refractivity contribution in [1.82, 2.24) is 10.0 Å². The van der Waals surface area contributed by atoms with E-state index in [1.807, 2.05) is 12.1 Å². The predicted octanol–water partition coefficient (Wildman–Crippen LogP) is 1.81. The van der Waals surface area contributed by atoms with E-state index in [0.717, 1.165) is 24.9 Å². The average molecular weight is 312 g/mol. The first-order valence-electron chi connectivity index (χ1n) is 7.34. The van der Waals surface area contributed by atoms with E-state index in [-0.39, 0.29) is 17.0 Å². The number of nitrogens with one attached hydrogen (secondary N) is 2. The van der Waals surface area contributed by atoms with Gasteiger partial charge in [-0.25, -0.2) is 13.1 Å². The lowest BCUT2D eigenvalue weighted by Crippen LogP contribution is -2.29. The minimum absolute atomic E-state index is 0.163. The van der Waals surface area contributed by atoms with Gasteiger partial charge in [0.25, 0.3) is 0 Å². The number of benzene rings is 1. The summed E-state index contributed by atoms with van der Waals surface area (Å²) in [6, 6.07) is 7.12. The molecule has 5 nitrogen and oxygen atoms in total. The molecule has 0 aromatic heterocycles. The van der Waals surface area contributed by atoms with Crippen LogP contribution in [-0.4, -0.2) is 34.2 Å². The van der Waals surface area contributed by atoms with Crippen LogP contribution in [0.15, 0.2) is 29.2 Å². The van der Waals surface area contributed by atoms with E-state index in [1.165, 1.54) is 7.05 Å². The second-order valence-corrected chi connectivity index (χ2v) is 7.44. The maximum atomic E-state index is 11.7. The third-order valence-electron chi connectivity index (χ3n) is 3.93. The molecule has 6 heteroatoms. The number of ether oxygens (including phenoxy) is 1. The van der Waals surface area contributed by atoms with Crippen LogP contribution in [0.25, 0.3) is 0 Å². The number of hydrogen-bond acceptors (Lipinski definition) is 4. The van der Waals surface area contributed by atoms with Crippen LogP contribution in [0, 0.1) is 0 Å². The SMILES string of the molecule is CNS(=O)(=O)c1ccc(C(C)NCC2CCC(C)O2)cc1. The molecule has 2 rings (SSSR count). The molecule has 118 valence electrons. The predicted molar refractivity (Wildman–Crippen MR) is 82.7 cm³/mol. The van der Waals surface area contributed by atoms with Gasteiger partial charge in [0.05, 0.1) is 17.1 Å². The van der Waals surface area contributed by atoms with Crippen molar-refractivity contribution in [3.8, 4) is 0 Å². The first-order chi connectivity index (χ1) is 9.92. The highest BCUT2D eigenvalue weighted by molar-refractivity contribution is 7.89. The van der Waals surface area contributed by atoms with Gasteiger partial charge in [0.2, 0.25) is 10.0 Å². The fourth-order valence-corrected chi connectivity index (χ4v) is 3.25. The Morgan fingerprint density at radius 3 is 2.48 bits per heavy atom. The van der Waals surface area contributed by atoms with Crippen molar-refractivity contribution >= 4 is 10.0 Å². The van der Waals surface area contributed by atoms with Crippen molar-refractivity contribution < 1.29 is 13.2 Å². The maximum Gasteiger partial charge on any atom is 0.240 e. The highest BCUT2D eigenvalue weighted by Crippen LogP contribution is 2.20. The van der Waals surface area contributed by atoms with Crippen molar-refractivity contribution in [2.24, 2.45) is 0 Å². The van der Waals surface area contributed by atoms with Crippen LogP contribution >= 0.6 is 0 Å². The van der Waals surface area contributed by atoms with Crippen molar-refractivity contribution in [2.75, 3.05) is 13.6 Å². The van der Waals surface area contributed by atoms with Crippen LogP contribution in [0.3, 0.4) is 0 Å². The van der Waals surface area contributed by atoms with Crippen molar-refractivity contribution in [3.05, 3.63) is 29.8 Å². The largest absolute Gasteiger partial charge is 0.374 e. The normalized spacial score (nSPS) is 24.1. The van der Waals surface area contributed by atoms with Gasteiger partial charge >= 0.3 is 0 Å². The van der Waals surface area contributed by atoms with Crippen LogP contribution in [0.5, 0.6) is 0 Å². The zero-order chi connectivity index (χ0) is 15.5. The third-order valence-corrected chi connectivity index (χ3v) is 5.36. The Labute approximate surface area is 127 Å². The molecule has 1 aliphatic heterocycles. The minimum Gasteiger partial charge on any atom is -0.374 e. The lowest BCUT2D eigenvalue weighted by Gasteiger charge is -2.18. The second-order valence-electron chi connectivity index (χ2n) is 5.55. The van der Waals surface area contributed by atoms with Gasteiger partial charge in [-0.3, -0.25) is 0 Å². The van der Waals surface area contributed by atoms with Gasteiger partial charge in [0.1, 0.15) is 0 Å². The summed E-state index contributed by atoms with van der Waals surface area (Å²) in [6.45, 7) is 4.99. The molecule has 2 N–H and O–H groups in total. The fourth-order valence-electron chi connectivity index (χ4n) is 2.51. The van der Waals surface area contributed by atoms with E-state index in [4.69, 9.17) is 4.74 Å². The van der Waals surface area contributed by atoms with Crippen LogP contribution in [0.1, 0.15) is 38.3 Å². The highest BCUT2D eigenvalue weighted by atomic mass is 32.2. The minimum atomic E-state index is -3.36. The van der Waals surface area contributed by atoms with Crippen LogP contribution in [0.2, 0.25) is 0 Å². The Morgan fingerprint density at radius 1 is 1.29 bits per heavy atom. The second kappa shape index (κ2) is 6.87. The summed E-state index contributed by atoms with van der Waals surface area (Å²) in [5.74, 6) is 0. The lowest BCUT2D eigenvalue weighted by molar-refractivity contribution is 0.0546. The van der Waals surface area contributed by atoms with E-state index in [1.54, 1.807) is 12.1 Å². The molecule has 21 heavy (non-hydrogen) atoms. The molecule has 3 atom stereocenters. The van der Waals surface area contributed by atoms with E-state index in [9.17, 15) is 8.42 Å². The Hall–Kier alpha value is -0.950. The van der Waals surface area contributed by atoms with Gasteiger partial charge < -0.3 is 10.1 Å². The number of rotatable bonds is 6. The average Bonchev–Trinajstić information content (AvgIpc) is 2.90. The molecule has 0 amide bonds. The third kappa shape index (κ3) is 4.26. The zero-order valence-electron chi connectivity index (χ0n) is 12.8. The Balaban J connectivity index is 1.92. The molecule has 1 saturated heterocycles. The standard InChI is InChI=1S/C15H24N2O3S/c1-11-4-7-14(20-11)10-17-12(2)13-5-8-15(9-6-13)21(18,19)16-3/h5-6,8-9,11-12,14,16-17H,4,7,10H2,1-3H3. The van der Waals surface area contributed by atoms with Gasteiger partial charge in [0.15, 0.2) is 0 Å². The van der Waals surface area contributed by atoms with Gasteiger partial charge in [-0.05, 0) is 51.4 Å². The molecule has 1 aromatic carbocycles. The quantitative estimate of drug-likeness (QED) is 0.841. The summed E-state index contributed by atoms with van der Waals surface area (Å²) < 4.78 is 31.4. The Morgan fingerprint density at radius 2 is 1.95 bits per heavy atom. The summed E-state index contributed by atoms with van der Waals surface area (Å²) in [5.41, 5.74) is 1.07. The number of sulfonamides is 1. The molecular weight excluding hydrogens is 288 g/mol. The molecule has 1 aromatic rings. The van der Waals surface area contributed by atoms with Gasteiger partial charge in [-0.2, -0.15) is 0 Å². The molecule has 1 heterocycles. The molecule has 0 aliphatic carbocycles. The van der Waals surface area contributed by atoms with Crippen LogP contribution < -0.4 is 10.0 Å². The van der Waals surface area contributed by atoms with E-state index < -0.39 is 10.0 Å². The summed E-state index contributed by atoms with van der Waals surface area (Å²) in [7, 11) is -1.95. The number of hydrogen-bond donors (Lipinski definition) is 2. The van der Waals surface area contributed by atoms with Crippen molar-refractivity contribution in [2.45, 2.75) is 49.8 Å². The molecular formula is C15H24N2O3S. The monoisotopic (exact) mass is 312 g/mol. The van der Waals surface area contributed by atoms with Gasteiger partial charge in [-0.1, -0.05) is 12.1 Å². The fraction of sp³-hybridized carbons (Fsp3) is 0.600. The Kier molecular flexibility index (Phi) is 5.37. The molecule has 0 spiro atoms. The van der Waals surface area contributed by atoms with Crippen LogP contribution in [-0.2, 0) is 14.8 Å². The molecule has 0 radical (unpaired) electrons. The highest BCUT2D eigenvalue weighted by Gasteiger charge is 2.22. The smallest absolute Gasteiger partial charge is 0.240 e. The van der Waals surface area contributed by atoms with Gasteiger partial charge in [-0.15, -0.1) is 0 Å². The molecule has 3 unspecified atom stereocenters. The molecule has 0 saturated carbocycles. The van der Waals surface area contributed by atoms with Crippen molar-refractivity contribution in [1.29, 1.82) is 0 Å². The van der Waals surface area contributed by atoms with E-state index >= 15 is 0 Å². The molecule has 0 bridgehead atoms. The summed E-state index contributed by atoms with van der Waals surface area (Å²) in [4.78, 5) is 0.286. The lowest BCUT2D eigenvalue weighted by atomic mass is 10.1. The topological polar surface area (TPSA) is 67.4 Å². The first kappa shape index (κ1) is 16.4. The first-order valence-corrected chi connectivity index (χ1v) is 8.83. The van der Waals surface area contributed by atoms with E-state index in [0.29, 0.717) is 6.10 Å². The zero-order valence-corrected chi connectivity index (χ0v) is 13.6. The Bertz CT molecular complexity index is 557. The molecule has 1 aliphatic rings. The molecule has 1 fully saturated rings. The maximum absolute atomic E-state index is 11.7. The summed E-state index contributed by atoms with van der Waals surface area (Å²) in [6.07, 6.45) is 2.86. The van der Waals surface area contributed by atoms with Gasteiger partial charge in [0, 0.05) is 12.6 Å². The van der Waals surface area contributed by atoms with Crippen molar-refractivity contribution in [3.63, 3.8) is 0 Å². The van der Waals surface area contributed by atoms with E-state index in [2.05, 4.69) is 23.9 Å². The summed E-state index contributed by atoms with van der Waals surface area (Å²) in [5, 5.41) is 3.44. The van der Waals surface area contributed by atoms with Crippen LogP contribution in [0.4, 0.5) is 0 Å².